The van der Waals surface area contributed by atoms with E-state index in [4.69, 9.17) is 4.98 Å². The summed E-state index contributed by atoms with van der Waals surface area (Å²) in [5.41, 5.74) is 4.06. The molecule has 0 amide bonds. The van der Waals surface area contributed by atoms with Crippen LogP contribution in [0, 0.1) is 0 Å². The molecule has 0 spiro atoms. The Kier molecular flexibility index (Phi) is 3.86. The van der Waals surface area contributed by atoms with Crippen molar-refractivity contribution in [2.45, 2.75) is 51.6 Å². The molecule has 0 N–H and O–H groups in total. The highest BCUT2D eigenvalue weighted by atomic mass is 16.2. The van der Waals surface area contributed by atoms with Gasteiger partial charge in [-0.2, -0.15) is 0 Å². The lowest BCUT2D eigenvalue weighted by atomic mass is 10.0. The summed E-state index contributed by atoms with van der Waals surface area (Å²) < 4.78 is 3.81. The SMILES string of the molecule is CCCc1c(Cn2c(=O)n(C3(C)CC3)c3ccncc32)ncc2ccccc12. The van der Waals surface area contributed by atoms with Gasteiger partial charge in [-0.3, -0.25) is 19.1 Å². The lowest BCUT2D eigenvalue weighted by molar-refractivity contribution is 0.515. The van der Waals surface area contributed by atoms with E-state index in [2.05, 4.69) is 37.0 Å². The summed E-state index contributed by atoms with van der Waals surface area (Å²) in [5, 5.41) is 2.38. The molecule has 1 fully saturated rings. The molecular formula is C23H24N4O. The second-order valence-corrected chi connectivity index (χ2v) is 8.09. The Bertz CT molecular complexity index is 1250. The highest BCUT2D eigenvalue weighted by molar-refractivity contribution is 5.85. The zero-order valence-electron chi connectivity index (χ0n) is 16.4. The average Bonchev–Trinajstić information content (AvgIpc) is 3.38. The number of aryl methyl sites for hydroxylation is 1. The van der Waals surface area contributed by atoms with E-state index in [0.29, 0.717) is 6.54 Å². The van der Waals surface area contributed by atoms with Gasteiger partial charge in [-0.05, 0) is 43.2 Å². The van der Waals surface area contributed by atoms with Crippen molar-refractivity contribution in [1.29, 1.82) is 0 Å². The zero-order valence-corrected chi connectivity index (χ0v) is 16.4. The number of pyridine rings is 2. The standard InChI is InChI=1S/C23H24N4O/c1-3-6-18-17-8-5-4-7-16(17)13-25-19(18)15-26-21-14-24-12-9-20(21)27(22(26)28)23(2)10-11-23/h4-5,7-9,12-14H,3,6,10-11,15H2,1-2H3. The molecule has 28 heavy (non-hydrogen) atoms. The highest BCUT2D eigenvalue weighted by Crippen LogP contribution is 2.43. The van der Waals surface area contributed by atoms with E-state index in [1.165, 1.54) is 10.9 Å². The molecule has 1 aromatic carbocycles. The molecule has 142 valence electrons. The van der Waals surface area contributed by atoms with E-state index in [1.54, 1.807) is 12.4 Å². The third-order valence-corrected chi connectivity index (χ3v) is 6.05. The summed E-state index contributed by atoms with van der Waals surface area (Å²) in [6.07, 6.45) is 9.58. The molecule has 1 saturated carbocycles. The van der Waals surface area contributed by atoms with Crippen LogP contribution in [-0.4, -0.2) is 19.1 Å². The first-order valence-electron chi connectivity index (χ1n) is 10.0. The van der Waals surface area contributed by atoms with Gasteiger partial charge in [0.2, 0.25) is 0 Å². The van der Waals surface area contributed by atoms with E-state index < -0.39 is 0 Å². The van der Waals surface area contributed by atoms with Gasteiger partial charge in [0.1, 0.15) is 0 Å². The number of hydrogen-bond donors (Lipinski definition) is 0. The number of benzene rings is 1. The van der Waals surface area contributed by atoms with E-state index in [-0.39, 0.29) is 11.2 Å². The largest absolute Gasteiger partial charge is 0.330 e. The summed E-state index contributed by atoms with van der Waals surface area (Å²) in [6, 6.07) is 10.3. The van der Waals surface area contributed by atoms with E-state index in [9.17, 15) is 4.79 Å². The maximum Gasteiger partial charge on any atom is 0.330 e. The van der Waals surface area contributed by atoms with Gasteiger partial charge < -0.3 is 0 Å². The zero-order chi connectivity index (χ0) is 19.3. The smallest absolute Gasteiger partial charge is 0.286 e. The van der Waals surface area contributed by atoms with Crippen LogP contribution < -0.4 is 5.69 Å². The summed E-state index contributed by atoms with van der Waals surface area (Å²) in [4.78, 5) is 22.4. The molecule has 0 bridgehead atoms. The van der Waals surface area contributed by atoms with Crippen molar-refractivity contribution in [3.63, 3.8) is 0 Å². The first-order chi connectivity index (χ1) is 13.6. The molecule has 3 heterocycles. The normalized spacial score (nSPS) is 15.4. The molecule has 4 aromatic rings. The molecule has 0 unspecified atom stereocenters. The predicted molar refractivity (Wildman–Crippen MR) is 112 cm³/mol. The Balaban J connectivity index is 1.70. The Hall–Kier alpha value is -2.95. The minimum Gasteiger partial charge on any atom is -0.286 e. The van der Waals surface area contributed by atoms with Gasteiger partial charge in [0.15, 0.2) is 0 Å². The van der Waals surface area contributed by atoms with E-state index in [1.807, 2.05) is 27.5 Å². The molecule has 5 rings (SSSR count). The second-order valence-electron chi connectivity index (χ2n) is 8.09. The topological polar surface area (TPSA) is 52.7 Å². The molecule has 0 aliphatic heterocycles. The van der Waals surface area contributed by atoms with Crippen LogP contribution in [0.25, 0.3) is 21.8 Å². The van der Waals surface area contributed by atoms with Crippen LogP contribution in [0.15, 0.2) is 53.7 Å². The van der Waals surface area contributed by atoms with Crippen molar-refractivity contribution in [3.05, 3.63) is 70.7 Å². The van der Waals surface area contributed by atoms with Crippen molar-refractivity contribution >= 4 is 21.8 Å². The van der Waals surface area contributed by atoms with Crippen molar-refractivity contribution < 1.29 is 0 Å². The third-order valence-electron chi connectivity index (χ3n) is 6.05. The fourth-order valence-corrected chi connectivity index (χ4v) is 4.26. The van der Waals surface area contributed by atoms with Crippen molar-refractivity contribution in [2.75, 3.05) is 0 Å². The predicted octanol–water partition coefficient (Wildman–Crippen LogP) is 4.26. The Labute approximate surface area is 163 Å². The fourth-order valence-electron chi connectivity index (χ4n) is 4.26. The molecule has 3 aromatic heterocycles. The summed E-state index contributed by atoms with van der Waals surface area (Å²) in [6.45, 7) is 4.82. The summed E-state index contributed by atoms with van der Waals surface area (Å²) in [7, 11) is 0. The lowest BCUT2D eigenvalue weighted by Gasteiger charge is -2.13. The van der Waals surface area contributed by atoms with Gasteiger partial charge in [-0.1, -0.05) is 37.6 Å². The molecule has 0 atom stereocenters. The van der Waals surface area contributed by atoms with Gasteiger partial charge in [0.25, 0.3) is 0 Å². The lowest BCUT2D eigenvalue weighted by Crippen LogP contribution is -2.30. The number of nitrogens with zero attached hydrogens (tertiary/aromatic N) is 4. The minimum absolute atomic E-state index is 0.0420. The molecule has 5 nitrogen and oxygen atoms in total. The van der Waals surface area contributed by atoms with Crippen molar-refractivity contribution in [2.24, 2.45) is 0 Å². The number of rotatable bonds is 5. The van der Waals surface area contributed by atoms with Crippen LogP contribution in [0.1, 0.15) is 44.4 Å². The monoisotopic (exact) mass is 372 g/mol. The molecule has 1 aliphatic rings. The first-order valence-corrected chi connectivity index (χ1v) is 10.0. The molecule has 5 heteroatoms. The van der Waals surface area contributed by atoms with Gasteiger partial charge in [-0.25, -0.2) is 4.79 Å². The quantitative estimate of drug-likeness (QED) is 0.526. The maximum absolute atomic E-state index is 13.4. The fraction of sp³-hybridized carbons (Fsp3) is 0.348. The Morgan fingerprint density at radius 2 is 1.93 bits per heavy atom. The Morgan fingerprint density at radius 1 is 1.11 bits per heavy atom. The first kappa shape index (κ1) is 17.2. The van der Waals surface area contributed by atoms with Gasteiger partial charge >= 0.3 is 5.69 Å². The van der Waals surface area contributed by atoms with Crippen LogP contribution >= 0.6 is 0 Å². The van der Waals surface area contributed by atoms with E-state index in [0.717, 1.165) is 47.8 Å². The average molecular weight is 372 g/mol. The van der Waals surface area contributed by atoms with Crippen molar-refractivity contribution in [1.82, 2.24) is 19.1 Å². The molecule has 1 aliphatic carbocycles. The highest BCUT2D eigenvalue weighted by Gasteiger charge is 2.42. The van der Waals surface area contributed by atoms with Crippen LogP contribution in [0.5, 0.6) is 0 Å². The third kappa shape index (κ3) is 2.57. The molecule has 0 radical (unpaired) electrons. The molecular weight excluding hydrogens is 348 g/mol. The van der Waals surface area contributed by atoms with Gasteiger partial charge in [0, 0.05) is 23.3 Å². The number of aromatic nitrogens is 4. The summed E-state index contributed by atoms with van der Waals surface area (Å²) in [5.74, 6) is 0. The minimum atomic E-state index is -0.0645. The maximum atomic E-state index is 13.4. The Morgan fingerprint density at radius 3 is 2.71 bits per heavy atom. The second kappa shape index (κ2) is 6.30. The van der Waals surface area contributed by atoms with Crippen LogP contribution in [0.3, 0.4) is 0 Å². The number of fused-ring (bicyclic) bond motifs is 2. The molecule has 0 saturated heterocycles. The van der Waals surface area contributed by atoms with Gasteiger partial charge in [0.05, 0.1) is 29.5 Å². The van der Waals surface area contributed by atoms with Gasteiger partial charge in [-0.15, -0.1) is 0 Å². The van der Waals surface area contributed by atoms with Crippen LogP contribution in [-0.2, 0) is 18.5 Å². The van der Waals surface area contributed by atoms with Crippen LogP contribution in [0.2, 0.25) is 0 Å². The number of imidazole rings is 1. The summed E-state index contributed by atoms with van der Waals surface area (Å²) >= 11 is 0. The van der Waals surface area contributed by atoms with E-state index >= 15 is 0 Å². The van der Waals surface area contributed by atoms with Crippen LogP contribution in [0.4, 0.5) is 0 Å². The van der Waals surface area contributed by atoms with Crippen molar-refractivity contribution in [3.8, 4) is 0 Å². The number of hydrogen-bond acceptors (Lipinski definition) is 3.